The van der Waals surface area contributed by atoms with E-state index in [4.69, 9.17) is 32.8 Å². The first-order chi connectivity index (χ1) is 19.7. The van der Waals surface area contributed by atoms with E-state index in [2.05, 4.69) is 11.8 Å². The number of fused-ring (bicyclic) bond motifs is 4. The Hall–Kier alpha value is -5.84. The second-order valence-corrected chi connectivity index (χ2v) is 9.38. The molecule has 5 aliphatic rings. The molecule has 2 aromatic rings. The predicted octanol–water partition coefficient (Wildman–Crippen LogP) is 6.64. The zero-order valence-corrected chi connectivity index (χ0v) is 21.3. The molecule has 0 N–H and O–H groups in total. The van der Waals surface area contributed by atoms with Gasteiger partial charge in [-0.25, -0.2) is 20.0 Å². The van der Waals surface area contributed by atoms with Crippen LogP contribution in [0.2, 0.25) is 0 Å². The van der Waals surface area contributed by atoms with Crippen molar-refractivity contribution in [2.24, 2.45) is 20.0 Å². The molecule has 0 saturated heterocycles. The lowest BCUT2D eigenvalue weighted by Crippen LogP contribution is -2.03. The molecule has 0 aliphatic carbocycles. The summed E-state index contributed by atoms with van der Waals surface area (Å²) in [7, 11) is 0. The Balaban J connectivity index is 1.54. The van der Waals surface area contributed by atoms with E-state index in [9.17, 15) is 0 Å². The van der Waals surface area contributed by atoms with Gasteiger partial charge >= 0.3 is 0 Å². The van der Waals surface area contributed by atoms with E-state index < -0.39 is 0 Å². The number of benzene rings is 2. The van der Waals surface area contributed by atoms with Crippen LogP contribution in [-0.2, 0) is 0 Å². The minimum atomic E-state index is 0.625. The molecule has 0 unspecified atom stereocenters. The molecule has 8 bridgehead atoms. The van der Waals surface area contributed by atoms with Crippen LogP contribution in [0.4, 0.5) is 0 Å². The Bertz CT molecular complexity index is 1820. The largest absolute Gasteiger partial charge is 0.247 e. The number of nitrogens with zero attached hydrogens (tertiary/aromatic N) is 4. The molecule has 0 saturated carbocycles. The molecule has 0 atom stereocenters. The van der Waals surface area contributed by atoms with Gasteiger partial charge in [0.25, 0.3) is 0 Å². The second-order valence-electron chi connectivity index (χ2n) is 9.38. The highest BCUT2D eigenvalue weighted by molar-refractivity contribution is 6.34. The van der Waals surface area contributed by atoms with Crippen molar-refractivity contribution < 1.29 is 0 Å². The number of aliphatic imine (C=N–C) groups is 4. The molecule has 7 rings (SSSR count). The van der Waals surface area contributed by atoms with Crippen LogP contribution in [-0.4, -0.2) is 22.8 Å². The maximum atomic E-state index is 6.05. The van der Waals surface area contributed by atoms with Gasteiger partial charge < -0.3 is 0 Å². The lowest BCUT2D eigenvalue weighted by molar-refractivity contribution is 1.39. The van der Waals surface area contributed by atoms with E-state index in [1.54, 1.807) is 0 Å². The summed E-state index contributed by atoms with van der Waals surface area (Å²) in [6, 6.07) is 20.2. The van der Waals surface area contributed by atoms with E-state index in [-0.39, 0.29) is 0 Å². The summed E-state index contributed by atoms with van der Waals surface area (Å²) >= 11 is 0. The predicted molar refractivity (Wildman–Crippen MR) is 165 cm³/mol. The van der Waals surface area contributed by atoms with Crippen molar-refractivity contribution in [2.75, 3.05) is 0 Å². The fourth-order valence-electron chi connectivity index (χ4n) is 5.18. The molecule has 0 spiro atoms. The van der Waals surface area contributed by atoms with Crippen molar-refractivity contribution in [2.45, 2.75) is 0 Å². The van der Waals surface area contributed by atoms with Gasteiger partial charge in [-0.05, 0) is 59.7 Å². The van der Waals surface area contributed by atoms with Crippen molar-refractivity contribution >= 4 is 34.0 Å². The Labute approximate surface area is 232 Å². The van der Waals surface area contributed by atoms with Crippen LogP contribution >= 0.6 is 0 Å². The Morgan fingerprint density at radius 2 is 0.750 bits per heavy atom. The van der Waals surface area contributed by atoms with Crippen LogP contribution in [0.15, 0.2) is 163 Å². The van der Waals surface area contributed by atoms with Crippen molar-refractivity contribution in [1.82, 2.24) is 0 Å². The Kier molecular flexibility index (Phi) is 5.52. The highest BCUT2D eigenvalue weighted by atomic mass is 14.9. The number of rotatable bonds is 2. The number of hydrogen-bond acceptors (Lipinski definition) is 4. The molecule has 0 aromatic heterocycles. The monoisotopic (exact) mass is 508 g/mol. The smallest absolute Gasteiger partial charge is 0.0816 e. The zero-order chi connectivity index (χ0) is 27.1. The van der Waals surface area contributed by atoms with Crippen LogP contribution < -0.4 is 0 Å². The molecular weight excluding hydrogens is 488 g/mol. The first kappa shape index (κ1) is 23.3. The van der Waals surface area contributed by atoms with Crippen LogP contribution in [0.5, 0.6) is 0 Å². The molecule has 0 fully saturated rings. The number of hydrogen-bond donors (Lipinski definition) is 0. The molecule has 5 heterocycles. The SMILES string of the molecule is C#CC1=C2C=CC(=N2)C(c2ccccc2)=C2C=CC(=N2)C(C#C)=C2C=CC(=N2)C(c2ccccc2)=C2C=CC1=N2. The molecule has 0 amide bonds. The maximum absolute atomic E-state index is 6.05. The molecule has 0 radical (unpaired) electrons. The summed E-state index contributed by atoms with van der Waals surface area (Å²) in [5.41, 5.74) is 10.8. The molecule has 5 aliphatic heterocycles. The summed E-state index contributed by atoms with van der Waals surface area (Å²) in [5, 5.41) is 0. The van der Waals surface area contributed by atoms with Gasteiger partial charge in [0, 0.05) is 11.1 Å². The molecule has 4 nitrogen and oxygen atoms in total. The average molecular weight is 509 g/mol. The van der Waals surface area contributed by atoms with E-state index in [1.165, 1.54) is 0 Å². The van der Waals surface area contributed by atoms with Gasteiger partial charge in [0.15, 0.2) is 0 Å². The summed E-state index contributed by atoms with van der Waals surface area (Å²) in [6.45, 7) is 0. The van der Waals surface area contributed by atoms with E-state index in [0.29, 0.717) is 34.0 Å². The summed E-state index contributed by atoms with van der Waals surface area (Å²) in [4.78, 5) is 19.9. The summed E-state index contributed by atoms with van der Waals surface area (Å²) in [6.07, 6.45) is 27.8. The minimum absolute atomic E-state index is 0.625. The van der Waals surface area contributed by atoms with Gasteiger partial charge in [-0.15, -0.1) is 12.8 Å². The third-order valence-corrected chi connectivity index (χ3v) is 7.02. The maximum Gasteiger partial charge on any atom is 0.0816 e. The molecular formula is C36H20N4. The normalized spacial score (nSPS) is 18.8. The highest BCUT2D eigenvalue weighted by Gasteiger charge is 2.25. The zero-order valence-electron chi connectivity index (χ0n) is 21.3. The molecule has 184 valence electrons. The first-order valence-electron chi connectivity index (χ1n) is 12.8. The molecule has 4 heteroatoms. The van der Waals surface area contributed by atoms with Crippen LogP contribution in [0.25, 0.3) is 11.1 Å². The Morgan fingerprint density at radius 3 is 1.15 bits per heavy atom. The van der Waals surface area contributed by atoms with Gasteiger partial charge in [-0.2, -0.15) is 0 Å². The quantitative estimate of drug-likeness (QED) is 0.409. The topological polar surface area (TPSA) is 49.4 Å². The van der Waals surface area contributed by atoms with Crippen LogP contribution in [0.1, 0.15) is 11.1 Å². The lowest BCUT2D eigenvalue weighted by atomic mass is 9.99. The van der Waals surface area contributed by atoms with Crippen molar-refractivity contribution in [1.29, 1.82) is 0 Å². The summed E-state index contributed by atoms with van der Waals surface area (Å²) in [5.74, 6) is 5.67. The van der Waals surface area contributed by atoms with Crippen molar-refractivity contribution in [3.8, 4) is 24.7 Å². The lowest BCUT2D eigenvalue weighted by Gasteiger charge is -2.10. The van der Waals surface area contributed by atoms with Crippen molar-refractivity contribution in [3.05, 3.63) is 154 Å². The van der Waals surface area contributed by atoms with E-state index in [1.807, 2.05) is 109 Å². The van der Waals surface area contributed by atoms with Gasteiger partial charge in [0.2, 0.25) is 0 Å². The fourth-order valence-corrected chi connectivity index (χ4v) is 5.18. The second kappa shape index (κ2) is 9.48. The van der Waals surface area contributed by atoms with Crippen molar-refractivity contribution in [3.63, 3.8) is 0 Å². The van der Waals surface area contributed by atoms with Gasteiger partial charge in [0.05, 0.1) is 56.8 Å². The van der Waals surface area contributed by atoms with Crippen LogP contribution in [0.3, 0.4) is 0 Å². The minimum Gasteiger partial charge on any atom is -0.247 e. The molecule has 40 heavy (non-hydrogen) atoms. The number of allylic oxidation sites excluding steroid dienone is 12. The van der Waals surface area contributed by atoms with Gasteiger partial charge in [-0.3, -0.25) is 0 Å². The van der Waals surface area contributed by atoms with Gasteiger partial charge in [0.1, 0.15) is 0 Å². The highest BCUT2D eigenvalue weighted by Crippen LogP contribution is 2.34. The fraction of sp³-hybridized carbons (Fsp3) is 0. The standard InChI is InChI=1S/C36H20N4/c1-3-25-27-15-19-31(37-27)35(23-11-7-5-8-12-23)33-21-17-29(39-33)26(4-2)30-18-22-34(40-30)36(24-13-9-6-10-14-24)32-20-16-28(25)38-32/h1-2,5-22H. The third-order valence-electron chi connectivity index (χ3n) is 7.02. The van der Waals surface area contributed by atoms with Gasteiger partial charge in [-0.1, -0.05) is 72.5 Å². The first-order valence-corrected chi connectivity index (χ1v) is 12.8. The Morgan fingerprint density at radius 1 is 0.400 bits per heavy atom. The van der Waals surface area contributed by atoms with E-state index >= 15 is 0 Å². The summed E-state index contributed by atoms with van der Waals surface area (Å²) < 4.78 is 0. The number of terminal acetylenes is 2. The van der Waals surface area contributed by atoms with E-state index in [0.717, 1.165) is 45.1 Å². The van der Waals surface area contributed by atoms with Crippen LogP contribution in [0, 0.1) is 24.7 Å². The molecule has 2 aromatic carbocycles. The third kappa shape index (κ3) is 3.84. The average Bonchev–Trinajstić information content (AvgIpc) is 3.81.